The molecule has 0 saturated carbocycles. The summed E-state index contributed by atoms with van der Waals surface area (Å²) in [4.78, 5) is 13.3. The first kappa shape index (κ1) is 14.0. The Morgan fingerprint density at radius 3 is 3.00 bits per heavy atom. The molecular formula is C15H21NO3. The number of carboxylic acids is 1. The molecule has 104 valence electrons. The van der Waals surface area contributed by atoms with Gasteiger partial charge in [0.25, 0.3) is 0 Å². The van der Waals surface area contributed by atoms with Crippen LogP contribution in [0, 0.1) is 0 Å². The quantitative estimate of drug-likeness (QED) is 0.906. The lowest BCUT2D eigenvalue weighted by Gasteiger charge is -2.39. The minimum absolute atomic E-state index is 0.0807. The molecule has 1 N–H and O–H groups in total. The summed E-state index contributed by atoms with van der Waals surface area (Å²) in [5.74, 6) is -0.873. The van der Waals surface area contributed by atoms with Crippen molar-refractivity contribution in [1.82, 2.24) is 4.90 Å². The molecule has 0 bridgehead atoms. The summed E-state index contributed by atoms with van der Waals surface area (Å²) in [6.45, 7) is 4.84. The van der Waals surface area contributed by atoms with E-state index in [0.29, 0.717) is 5.56 Å². The van der Waals surface area contributed by atoms with Gasteiger partial charge in [0.1, 0.15) is 0 Å². The molecule has 0 aliphatic carbocycles. The number of hydrogen-bond donors (Lipinski definition) is 1. The minimum atomic E-state index is -0.873. The minimum Gasteiger partial charge on any atom is -0.478 e. The highest BCUT2D eigenvalue weighted by Gasteiger charge is 2.30. The standard InChI is InChI=1S/C15H21NO3/c1-15(19-2)7-4-8-16(11-15)10-12-5-3-6-13(9-12)14(17)18/h3,5-6,9H,4,7-8,10-11H2,1-2H3,(H,17,18). The maximum atomic E-state index is 11.0. The number of methoxy groups -OCH3 is 1. The second-order valence-corrected chi connectivity index (χ2v) is 5.47. The molecule has 1 unspecified atom stereocenters. The number of piperidine rings is 1. The van der Waals surface area contributed by atoms with Crippen molar-refractivity contribution in [3.8, 4) is 0 Å². The SMILES string of the molecule is COC1(C)CCCN(Cc2cccc(C(=O)O)c2)C1. The van der Waals surface area contributed by atoms with Gasteiger partial charge in [-0.2, -0.15) is 0 Å². The topological polar surface area (TPSA) is 49.8 Å². The van der Waals surface area contributed by atoms with E-state index in [4.69, 9.17) is 9.84 Å². The molecule has 4 heteroatoms. The lowest BCUT2D eigenvalue weighted by atomic mass is 9.94. The van der Waals surface area contributed by atoms with E-state index in [2.05, 4.69) is 11.8 Å². The van der Waals surface area contributed by atoms with Crippen LogP contribution in [0.1, 0.15) is 35.7 Å². The van der Waals surface area contributed by atoms with Crippen LogP contribution < -0.4 is 0 Å². The number of hydrogen-bond acceptors (Lipinski definition) is 3. The summed E-state index contributed by atoms with van der Waals surface area (Å²) >= 11 is 0. The molecule has 1 aromatic carbocycles. The first-order chi connectivity index (χ1) is 9.02. The fourth-order valence-corrected chi connectivity index (χ4v) is 2.67. The highest BCUT2D eigenvalue weighted by Crippen LogP contribution is 2.25. The molecule has 1 atom stereocenters. The molecule has 19 heavy (non-hydrogen) atoms. The van der Waals surface area contributed by atoms with Crippen LogP contribution in [-0.4, -0.2) is 41.8 Å². The third kappa shape index (κ3) is 3.55. The van der Waals surface area contributed by atoms with E-state index < -0.39 is 5.97 Å². The number of likely N-dealkylation sites (tertiary alicyclic amines) is 1. The number of carboxylic acid groups (broad SMARTS) is 1. The summed E-state index contributed by atoms with van der Waals surface area (Å²) in [6.07, 6.45) is 2.19. The van der Waals surface area contributed by atoms with Crippen LogP contribution in [0.3, 0.4) is 0 Å². The Bertz CT molecular complexity index is 460. The van der Waals surface area contributed by atoms with Crippen LogP contribution in [0.15, 0.2) is 24.3 Å². The summed E-state index contributed by atoms with van der Waals surface area (Å²) in [7, 11) is 1.76. The molecule has 0 aromatic heterocycles. The van der Waals surface area contributed by atoms with Crippen molar-refractivity contribution < 1.29 is 14.6 Å². The third-order valence-electron chi connectivity index (χ3n) is 3.81. The normalized spacial score (nSPS) is 24.3. The zero-order valence-corrected chi connectivity index (χ0v) is 11.6. The van der Waals surface area contributed by atoms with Gasteiger partial charge in [0, 0.05) is 20.2 Å². The van der Waals surface area contributed by atoms with Crippen molar-refractivity contribution in [3.63, 3.8) is 0 Å². The van der Waals surface area contributed by atoms with Crippen molar-refractivity contribution in [2.24, 2.45) is 0 Å². The van der Waals surface area contributed by atoms with Crippen molar-refractivity contribution in [2.75, 3.05) is 20.2 Å². The average molecular weight is 263 g/mol. The van der Waals surface area contributed by atoms with Crippen LogP contribution in [0.4, 0.5) is 0 Å². The zero-order chi connectivity index (χ0) is 13.9. The fourth-order valence-electron chi connectivity index (χ4n) is 2.67. The molecule has 0 radical (unpaired) electrons. The van der Waals surface area contributed by atoms with Gasteiger partial charge in [-0.05, 0) is 44.0 Å². The first-order valence-corrected chi connectivity index (χ1v) is 6.62. The van der Waals surface area contributed by atoms with Crippen molar-refractivity contribution >= 4 is 5.97 Å². The van der Waals surface area contributed by atoms with Gasteiger partial charge < -0.3 is 9.84 Å². The van der Waals surface area contributed by atoms with Gasteiger partial charge in [0.15, 0.2) is 0 Å². The van der Waals surface area contributed by atoms with Crippen LogP contribution in [0.2, 0.25) is 0 Å². The van der Waals surface area contributed by atoms with E-state index >= 15 is 0 Å². The molecule has 1 aromatic rings. The van der Waals surface area contributed by atoms with Crippen LogP contribution in [0.25, 0.3) is 0 Å². The molecule has 0 spiro atoms. The van der Waals surface area contributed by atoms with E-state index in [0.717, 1.165) is 38.0 Å². The van der Waals surface area contributed by atoms with Gasteiger partial charge in [-0.3, -0.25) is 4.90 Å². The Labute approximate surface area is 114 Å². The lowest BCUT2D eigenvalue weighted by molar-refractivity contribution is -0.0527. The van der Waals surface area contributed by atoms with E-state index in [1.807, 2.05) is 6.07 Å². The number of rotatable bonds is 4. The molecule has 1 fully saturated rings. The maximum absolute atomic E-state index is 11.0. The first-order valence-electron chi connectivity index (χ1n) is 6.62. The van der Waals surface area contributed by atoms with E-state index in [1.54, 1.807) is 25.3 Å². The molecular weight excluding hydrogens is 242 g/mol. The van der Waals surface area contributed by atoms with E-state index in [9.17, 15) is 4.79 Å². The molecule has 0 amide bonds. The van der Waals surface area contributed by atoms with Crippen molar-refractivity contribution in [2.45, 2.75) is 31.9 Å². The number of benzene rings is 1. The Balaban J connectivity index is 2.04. The smallest absolute Gasteiger partial charge is 0.335 e. The number of nitrogens with zero attached hydrogens (tertiary/aromatic N) is 1. The summed E-state index contributed by atoms with van der Waals surface area (Å²) < 4.78 is 5.57. The highest BCUT2D eigenvalue weighted by molar-refractivity contribution is 5.87. The van der Waals surface area contributed by atoms with Crippen LogP contribution >= 0.6 is 0 Å². The summed E-state index contributed by atoms with van der Waals surface area (Å²) in [5, 5.41) is 9.00. The summed E-state index contributed by atoms with van der Waals surface area (Å²) in [5.41, 5.74) is 1.31. The Morgan fingerprint density at radius 1 is 1.53 bits per heavy atom. The van der Waals surface area contributed by atoms with Gasteiger partial charge >= 0.3 is 5.97 Å². The molecule has 2 rings (SSSR count). The van der Waals surface area contributed by atoms with E-state index in [1.165, 1.54) is 0 Å². The maximum Gasteiger partial charge on any atom is 0.335 e. The van der Waals surface area contributed by atoms with Gasteiger partial charge in [-0.25, -0.2) is 4.79 Å². The Hall–Kier alpha value is -1.39. The number of carbonyl (C=O) groups is 1. The average Bonchev–Trinajstić information content (AvgIpc) is 2.39. The zero-order valence-electron chi connectivity index (χ0n) is 11.6. The Kier molecular flexibility index (Phi) is 4.22. The predicted octanol–water partition coefficient (Wildman–Crippen LogP) is 2.39. The molecule has 4 nitrogen and oxygen atoms in total. The molecule has 1 saturated heterocycles. The predicted molar refractivity (Wildman–Crippen MR) is 73.3 cm³/mol. The largest absolute Gasteiger partial charge is 0.478 e. The molecule has 1 aliphatic rings. The van der Waals surface area contributed by atoms with Crippen LogP contribution in [0.5, 0.6) is 0 Å². The molecule has 1 heterocycles. The van der Waals surface area contributed by atoms with Crippen LogP contribution in [-0.2, 0) is 11.3 Å². The van der Waals surface area contributed by atoms with Crippen molar-refractivity contribution in [1.29, 1.82) is 0 Å². The van der Waals surface area contributed by atoms with E-state index in [-0.39, 0.29) is 5.60 Å². The lowest BCUT2D eigenvalue weighted by Crippen LogP contribution is -2.46. The second kappa shape index (κ2) is 5.72. The van der Waals surface area contributed by atoms with Crippen molar-refractivity contribution in [3.05, 3.63) is 35.4 Å². The van der Waals surface area contributed by atoms with Gasteiger partial charge in [0.2, 0.25) is 0 Å². The second-order valence-electron chi connectivity index (χ2n) is 5.47. The molecule has 1 aliphatic heterocycles. The number of aromatic carboxylic acids is 1. The fraction of sp³-hybridized carbons (Fsp3) is 0.533. The monoisotopic (exact) mass is 263 g/mol. The number of ether oxygens (including phenoxy) is 1. The van der Waals surface area contributed by atoms with Gasteiger partial charge in [-0.1, -0.05) is 12.1 Å². The summed E-state index contributed by atoms with van der Waals surface area (Å²) in [6, 6.07) is 7.16. The van der Waals surface area contributed by atoms with Gasteiger partial charge in [0.05, 0.1) is 11.2 Å². The van der Waals surface area contributed by atoms with Gasteiger partial charge in [-0.15, -0.1) is 0 Å². The highest BCUT2D eigenvalue weighted by atomic mass is 16.5. The third-order valence-corrected chi connectivity index (χ3v) is 3.81. The Morgan fingerprint density at radius 2 is 2.32 bits per heavy atom.